The third kappa shape index (κ3) is 16.3. The van der Waals surface area contributed by atoms with Gasteiger partial charge in [-0.1, -0.05) is 6.08 Å². The first-order chi connectivity index (χ1) is 3.56. The molecule has 0 aromatic carbocycles. The summed E-state index contributed by atoms with van der Waals surface area (Å²) >= 11 is 0. The van der Waals surface area contributed by atoms with E-state index in [1.54, 1.807) is 0 Å². The second kappa shape index (κ2) is 8.78. The summed E-state index contributed by atoms with van der Waals surface area (Å²) in [5.74, 6) is 0. The third-order valence-corrected chi connectivity index (χ3v) is 0.706. The Labute approximate surface area is 104 Å². The molecule has 0 bridgehead atoms. The average molecular weight is 182 g/mol. The summed E-state index contributed by atoms with van der Waals surface area (Å²) in [6.45, 7) is 1.54. The molecule has 0 heterocycles. The number of hydrogen-bond donors (Lipinski definition) is 0. The minimum absolute atomic E-state index is 0. The van der Waals surface area contributed by atoms with Gasteiger partial charge in [0.25, 0.3) is 0 Å². The van der Waals surface area contributed by atoms with Crippen molar-refractivity contribution in [3.05, 3.63) is 12.3 Å². The van der Waals surface area contributed by atoms with Crippen LogP contribution in [0.3, 0.4) is 0 Å². The van der Waals surface area contributed by atoms with Gasteiger partial charge in [0.15, 0.2) is 0 Å². The number of hydrogen-bond acceptors (Lipinski definition) is 4. The topological polar surface area (TPSA) is 72.4 Å². The molecule has 0 N–H and O–H groups in total. The van der Waals surface area contributed by atoms with Crippen molar-refractivity contribution < 1.29 is 78.0 Å². The van der Waals surface area contributed by atoms with Crippen LogP contribution in [0.5, 0.6) is 0 Å². The Morgan fingerprint density at radius 1 is 1.40 bits per heavy atom. The zero-order valence-electron chi connectivity index (χ0n) is 6.23. The number of phosphoric ester groups is 1. The van der Waals surface area contributed by atoms with Crippen LogP contribution in [0.25, 0.3) is 0 Å². The van der Waals surface area contributed by atoms with Gasteiger partial charge in [-0.25, -0.2) is 0 Å². The summed E-state index contributed by atoms with van der Waals surface area (Å²) in [5.41, 5.74) is 0. The first-order valence-electron chi connectivity index (χ1n) is 1.88. The van der Waals surface area contributed by atoms with E-state index in [0.29, 0.717) is 0 Å². The normalized spacial score (nSPS) is 9.90. The molecule has 0 fully saturated rings. The summed E-state index contributed by atoms with van der Waals surface area (Å²) in [7, 11) is -4.77. The number of allylic oxidation sites excluding steroid dienone is 1. The van der Waals surface area contributed by atoms with E-state index in [-0.39, 0.29) is 59.1 Å². The van der Waals surface area contributed by atoms with Gasteiger partial charge in [0.05, 0.1) is 6.26 Å². The van der Waals surface area contributed by atoms with Crippen LogP contribution < -0.4 is 68.9 Å². The minimum atomic E-state index is -4.77. The first-order valence-corrected chi connectivity index (χ1v) is 3.34. The Morgan fingerprint density at radius 2 is 1.80 bits per heavy atom. The molecule has 0 aliphatic carbocycles. The zero-order valence-corrected chi connectivity index (χ0v) is 11.1. The van der Waals surface area contributed by atoms with E-state index in [0.717, 1.165) is 6.26 Å². The van der Waals surface area contributed by atoms with Gasteiger partial charge in [0, 0.05) is 0 Å². The molecule has 0 saturated heterocycles. The predicted molar refractivity (Wildman–Crippen MR) is 23.5 cm³/mol. The Kier molecular flexibility index (Phi) is 15.5. The standard InChI is InChI=1S/C3H7O4P.2Na/c1-2-3-7-8(4,5)6;;/h2-3H,1H3,(H2,4,5,6);;/q;2*+1/p-2/b3-2-;;. The van der Waals surface area contributed by atoms with Gasteiger partial charge in [-0.05, 0) is 6.92 Å². The van der Waals surface area contributed by atoms with Crippen LogP contribution >= 0.6 is 7.82 Å². The van der Waals surface area contributed by atoms with E-state index in [4.69, 9.17) is 0 Å². The van der Waals surface area contributed by atoms with Gasteiger partial charge >= 0.3 is 59.1 Å². The minimum Gasteiger partial charge on any atom is -0.780 e. The van der Waals surface area contributed by atoms with Crippen LogP contribution in [0.4, 0.5) is 0 Å². The van der Waals surface area contributed by atoms with Crippen LogP contribution in [-0.4, -0.2) is 0 Å². The molecule has 0 aliphatic rings. The molecule has 0 atom stereocenters. The second-order valence-electron chi connectivity index (χ2n) is 1.02. The monoisotopic (exact) mass is 182 g/mol. The molecule has 0 spiro atoms. The fourth-order valence-corrected chi connectivity index (χ4v) is 0.406. The molecule has 0 radical (unpaired) electrons. The molecule has 0 aliphatic heterocycles. The van der Waals surface area contributed by atoms with Gasteiger partial charge in [-0.3, -0.25) is 0 Å². The Bertz CT molecular complexity index is 130. The molecule has 0 unspecified atom stereocenters. The summed E-state index contributed by atoms with van der Waals surface area (Å²) in [6.07, 6.45) is 2.13. The zero-order chi connectivity index (χ0) is 6.62. The van der Waals surface area contributed by atoms with Gasteiger partial charge in [0.1, 0.15) is 7.82 Å². The van der Waals surface area contributed by atoms with Gasteiger partial charge < -0.3 is 18.9 Å². The Balaban J connectivity index is -0.000000245. The van der Waals surface area contributed by atoms with E-state index in [9.17, 15) is 14.4 Å². The van der Waals surface area contributed by atoms with Crippen molar-refractivity contribution >= 4 is 7.82 Å². The van der Waals surface area contributed by atoms with Crippen LogP contribution in [0.15, 0.2) is 12.3 Å². The fraction of sp³-hybridized carbons (Fsp3) is 0.333. The molecule has 7 heteroatoms. The third-order valence-electron chi connectivity index (χ3n) is 0.326. The molecule has 4 nitrogen and oxygen atoms in total. The van der Waals surface area contributed by atoms with E-state index < -0.39 is 7.82 Å². The first kappa shape index (κ1) is 17.7. The van der Waals surface area contributed by atoms with E-state index >= 15 is 0 Å². The summed E-state index contributed by atoms with van der Waals surface area (Å²) in [6, 6.07) is 0. The van der Waals surface area contributed by atoms with Gasteiger partial charge in [0.2, 0.25) is 0 Å². The maximum Gasteiger partial charge on any atom is 1.00 e. The van der Waals surface area contributed by atoms with Crippen molar-refractivity contribution in [1.82, 2.24) is 0 Å². The van der Waals surface area contributed by atoms with Crippen molar-refractivity contribution in [3.8, 4) is 0 Å². The average Bonchev–Trinajstić information content (AvgIpc) is 1.59. The van der Waals surface area contributed by atoms with Crippen molar-refractivity contribution in [2.75, 3.05) is 0 Å². The molecule has 0 rings (SSSR count). The maximum atomic E-state index is 9.59. The maximum absolute atomic E-state index is 9.59. The number of phosphoric acid groups is 1. The molecule has 0 aromatic rings. The van der Waals surface area contributed by atoms with Crippen LogP contribution in [0.1, 0.15) is 6.92 Å². The van der Waals surface area contributed by atoms with Crippen molar-refractivity contribution in [1.29, 1.82) is 0 Å². The quantitative estimate of drug-likeness (QED) is 0.242. The summed E-state index contributed by atoms with van der Waals surface area (Å²) in [4.78, 5) is 19.2. The van der Waals surface area contributed by atoms with Gasteiger partial charge in [-0.2, -0.15) is 0 Å². The summed E-state index contributed by atoms with van der Waals surface area (Å²) < 4.78 is 13.2. The van der Waals surface area contributed by atoms with Crippen molar-refractivity contribution in [3.63, 3.8) is 0 Å². The Hall–Kier alpha value is 1.69. The van der Waals surface area contributed by atoms with Gasteiger partial charge in [-0.15, -0.1) is 0 Å². The molecule has 0 saturated carbocycles. The smallest absolute Gasteiger partial charge is 0.780 e. The van der Waals surface area contributed by atoms with Crippen molar-refractivity contribution in [2.45, 2.75) is 6.92 Å². The Morgan fingerprint density at radius 3 is 1.90 bits per heavy atom. The molecular weight excluding hydrogens is 177 g/mol. The van der Waals surface area contributed by atoms with E-state index in [1.165, 1.54) is 13.0 Å². The van der Waals surface area contributed by atoms with Crippen LogP contribution in [-0.2, 0) is 9.09 Å². The van der Waals surface area contributed by atoms with Crippen LogP contribution in [0.2, 0.25) is 0 Å². The SMILES string of the molecule is C/C=C\OP(=O)([O-])[O-].[Na+].[Na+]. The van der Waals surface area contributed by atoms with Crippen LogP contribution in [0, 0.1) is 0 Å². The second-order valence-corrected chi connectivity index (χ2v) is 2.13. The fourth-order valence-electron chi connectivity index (χ4n) is 0.135. The predicted octanol–water partition coefficient (Wildman–Crippen LogP) is -6.63. The molecule has 48 valence electrons. The largest absolute Gasteiger partial charge is 1.00 e. The molecule has 0 aromatic heterocycles. The summed E-state index contributed by atoms with van der Waals surface area (Å²) in [5, 5.41) is 0. The molecule has 10 heavy (non-hydrogen) atoms. The van der Waals surface area contributed by atoms with Crippen molar-refractivity contribution in [2.24, 2.45) is 0 Å². The van der Waals surface area contributed by atoms with E-state index in [2.05, 4.69) is 4.52 Å². The number of rotatable bonds is 2. The van der Waals surface area contributed by atoms with E-state index in [1.807, 2.05) is 0 Å². The molecular formula is C3H5Na2O4P. The molecule has 0 amide bonds.